The molecular formula is C16H29N3S. The van der Waals surface area contributed by atoms with Gasteiger partial charge in [-0.25, -0.2) is 4.98 Å². The minimum Gasteiger partial charge on any atom is -0.306 e. The number of nitrogens with one attached hydrogen (secondary N) is 1. The van der Waals surface area contributed by atoms with Gasteiger partial charge in [-0.15, -0.1) is 11.3 Å². The molecule has 1 heterocycles. The van der Waals surface area contributed by atoms with Gasteiger partial charge in [-0.05, 0) is 53.4 Å². The molecule has 0 unspecified atom stereocenters. The van der Waals surface area contributed by atoms with Crippen LogP contribution in [-0.2, 0) is 13.1 Å². The Labute approximate surface area is 127 Å². The lowest BCUT2D eigenvalue weighted by Crippen LogP contribution is -2.35. The number of rotatable bonds is 7. The Morgan fingerprint density at radius 2 is 2.10 bits per heavy atom. The Kier molecular flexibility index (Phi) is 5.21. The number of thiazole rings is 1. The van der Waals surface area contributed by atoms with Crippen molar-refractivity contribution in [3.05, 3.63) is 16.1 Å². The van der Waals surface area contributed by atoms with Gasteiger partial charge in [-0.3, -0.25) is 4.90 Å². The second-order valence-corrected chi connectivity index (χ2v) is 8.25. The second-order valence-electron chi connectivity index (χ2n) is 7.30. The molecule has 1 aromatic rings. The van der Waals surface area contributed by atoms with E-state index < -0.39 is 0 Å². The summed E-state index contributed by atoms with van der Waals surface area (Å²) in [7, 11) is 0. The Balaban J connectivity index is 1.86. The molecule has 114 valence electrons. The molecule has 0 saturated heterocycles. The second kappa shape index (κ2) is 6.54. The molecule has 1 saturated carbocycles. The quantitative estimate of drug-likeness (QED) is 0.832. The summed E-state index contributed by atoms with van der Waals surface area (Å²) in [5.41, 5.74) is 1.39. The van der Waals surface area contributed by atoms with Gasteiger partial charge < -0.3 is 5.32 Å². The summed E-state index contributed by atoms with van der Waals surface area (Å²) in [4.78, 5) is 7.34. The maximum Gasteiger partial charge on any atom is 0.107 e. The number of hydrogen-bond donors (Lipinski definition) is 1. The monoisotopic (exact) mass is 295 g/mol. The average molecular weight is 295 g/mol. The van der Waals surface area contributed by atoms with Crippen molar-refractivity contribution in [2.75, 3.05) is 6.54 Å². The van der Waals surface area contributed by atoms with Crippen LogP contribution in [0.2, 0.25) is 0 Å². The topological polar surface area (TPSA) is 28.2 Å². The molecule has 1 aliphatic carbocycles. The zero-order valence-electron chi connectivity index (χ0n) is 13.6. The number of nitrogens with zero attached hydrogens (tertiary/aromatic N) is 2. The lowest BCUT2D eigenvalue weighted by molar-refractivity contribution is 0.201. The molecule has 0 atom stereocenters. The Bertz CT molecular complexity index is 416. The molecular weight excluding hydrogens is 266 g/mol. The molecule has 3 nitrogen and oxygen atoms in total. The molecule has 0 aromatic carbocycles. The van der Waals surface area contributed by atoms with Crippen molar-refractivity contribution in [1.29, 1.82) is 0 Å². The average Bonchev–Trinajstić information content (AvgIpc) is 3.03. The van der Waals surface area contributed by atoms with E-state index in [4.69, 9.17) is 4.98 Å². The Hall–Kier alpha value is -0.450. The van der Waals surface area contributed by atoms with Crippen molar-refractivity contribution in [1.82, 2.24) is 15.2 Å². The third kappa shape index (κ3) is 5.51. The highest BCUT2D eigenvalue weighted by molar-refractivity contribution is 7.09. The van der Waals surface area contributed by atoms with Crippen molar-refractivity contribution in [3.63, 3.8) is 0 Å². The molecule has 0 bridgehead atoms. The van der Waals surface area contributed by atoms with Crippen LogP contribution in [-0.4, -0.2) is 28.0 Å². The van der Waals surface area contributed by atoms with E-state index in [1.807, 2.05) is 0 Å². The van der Waals surface area contributed by atoms with Crippen LogP contribution < -0.4 is 5.32 Å². The van der Waals surface area contributed by atoms with E-state index in [2.05, 4.69) is 50.2 Å². The largest absolute Gasteiger partial charge is 0.306 e. The van der Waals surface area contributed by atoms with Gasteiger partial charge in [0.25, 0.3) is 0 Å². The van der Waals surface area contributed by atoms with Crippen molar-refractivity contribution in [3.8, 4) is 0 Å². The minimum absolute atomic E-state index is 0.155. The molecule has 0 aliphatic heterocycles. The van der Waals surface area contributed by atoms with E-state index in [1.165, 1.54) is 30.1 Å². The van der Waals surface area contributed by atoms with Crippen molar-refractivity contribution < 1.29 is 0 Å². The standard InChI is InChI=1S/C16H29N3S/c1-12(2)19(9-13-6-7-13)10-14-11-20-15(18-14)8-17-16(3,4)5/h11-13,17H,6-10H2,1-5H3. The summed E-state index contributed by atoms with van der Waals surface area (Å²) in [6.07, 6.45) is 2.84. The predicted octanol–water partition coefficient (Wildman–Crippen LogP) is 3.65. The van der Waals surface area contributed by atoms with E-state index >= 15 is 0 Å². The Morgan fingerprint density at radius 3 is 2.65 bits per heavy atom. The highest BCUT2D eigenvalue weighted by atomic mass is 32.1. The van der Waals surface area contributed by atoms with Crippen LogP contribution in [0.25, 0.3) is 0 Å². The molecule has 0 amide bonds. The van der Waals surface area contributed by atoms with E-state index in [0.29, 0.717) is 6.04 Å². The third-order valence-corrected chi connectivity index (χ3v) is 4.55. The maximum atomic E-state index is 4.78. The first-order valence-corrected chi connectivity index (χ1v) is 8.64. The molecule has 4 heteroatoms. The Morgan fingerprint density at radius 1 is 1.40 bits per heavy atom. The first kappa shape index (κ1) is 15.9. The van der Waals surface area contributed by atoms with Crippen LogP contribution in [0.3, 0.4) is 0 Å². The van der Waals surface area contributed by atoms with Gasteiger partial charge in [-0.2, -0.15) is 0 Å². The van der Waals surface area contributed by atoms with Gasteiger partial charge in [0.15, 0.2) is 0 Å². The normalized spacial score (nSPS) is 16.4. The first-order chi connectivity index (χ1) is 9.33. The van der Waals surface area contributed by atoms with Crippen LogP contribution in [0.5, 0.6) is 0 Å². The van der Waals surface area contributed by atoms with Gasteiger partial charge in [0.1, 0.15) is 5.01 Å². The predicted molar refractivity (Wildman–Crippen MR) is 87.0 cm³/mol. The fraction of sp³-hybridized carbons (Fsp3) is 0.812. The van der Waals surface area contributed by atoms with Crippen molar-refractivity contribution in [2.24, 2.45) is 5.92 Å². The fourth-order valence-electron chi connectivity index (χ4n) is 2.14. The lowest BCUT2D eigenvalue weighted by Gasteiger charge is -2.25. The SMILES string of the molecule is CC(C)N(Cc1csc(CNC(C)(C)C)n1)CC1CC1. The minimum atomic E-state index is 0.155. The summed E-state index contributed by atoms with van der Waals surface area (Å²) in [6, 6.07) is 0.605. The molecule has 1 aromatic heterocycles. The summed E-state index contributed by atoms with van der Waals surface area (Å²) >= 11 is 1.78. The first-order valence-electron chi connectivity index (χ1n) is 7.76. The molecule has 20 heavy (non-hydrogen) atoms. The summed E-state index contributed by atoms with van der Waals surface area (Å²) in [5.74, 6) is 0.943. The molecule has 2 rings (SSSR count). The van der Waals surface area contributed by atoms with Gasteiger partial charge in [0.2, 0.25) is 0 Å². The number of hydrogen-bond acceptors (Lipinski definition) is 4. The lowest BCUT2D eigenvalue weighted by atomic mass is 10.1. The van der Waals surface area contributed by atoms with Crippen LogP contribution in [0.1, 0.15) is 58.2 Å². The van der Waals surface area contributed by atoms with E-state index in [9.17, 15) is 0 Å². The van der Waals surface area contributed by atoms with Crippen LogP contribution >= 0.6 is 11.3 Å². The maximum absolute atomic E-state index is 4.78. The van der Waals surface area contributed by atoms with Gasteiger partial charge in [0.05, 0.1) is 5.69 Å². The van der Waals surface area contributed by atoms with Gasteiger partial charge >= 0.3 is 0 Å². The van der Waals surface area contributed by atoms with Crippen LogP contribution in [0.15, 0.2) is 5.38 Å². The van der Waals surface area contributed by atoms with E-state index in [-0.39, 0.29) is 5.54 Å². The van der Waals surface area contributed by atoms with Gasteiger partial charge in [0, 0.05) is 36.6 Å². The van der Waals surface area contributed by atoms with Crippen LogP contribution in [0.4, 0.5) is 0 Å². The summed E-state index contributed by atoms with van der Waals surface area (Å²) < 4.78 is 0. The van der Waals surface area contributed by atoms with Crippen molar-refractivity contribution in [2.45, 2.75) is 72.1 Å². The van der Waals surface area contributed by atoms with Crippen LogP contribution in [0, 0.1) is 5.92 Å². The van der Waals surface area contributed by atoms with Crippen molar-refractivity contribution >= 4 is 11.3 Å². The molecule has 0 radical (unpaired) electrons. The highest BCUT2D eigenvalue weighted by Crippen LogP contribution is 2.30. The highest BCUT2D eigenvalue weighted by Gasteiger charge is 2.25. The molecule has 1 fully saturated rings. The van der Waals surface area contributed by atoms with E-state index in [0.717, 1.165) is 19.0 Å². The molecule has 1 N–H and O–H groups in total. The zero-order chi connectivity index (χ0) is 14.8. The van der Waals surface area contributed by atoms with Gasteiger partial charge in [-0.1, -0.05) is 0 Å². The summed E-state index contributed by atoms with van der Waals surface area (Å²) in [6.45, 7) is 14.3. The number of aromatic nitrogens is 1. The van der Waals surface area contributed by atoms with E-state index in [1.54, 1.807) is 11.3 Å². The molecule has 1 aliphatic rings. The fourth-order valence-corrected chi connectivity index (χ4v) is 2.87. The molecule has 0 spiro atoms. The summed E-state index contributed by atoms with van der Waals surface area (Å²) in [5, 5.41) is 6.93. The third-order valence-electron chi connectivity index (χ3n) is 3.65. The zero-order valence-corrected chi connectivity index (χ0v) is 14.4. The smallest absolute Gasteiger partial charge is 0.107 e.